The number of aryl methyl sites for hydroxylation is 1. The number of esters is 1. The van der Waals surface area contributed by atoms with Crippen molar-refractivity contribution in [1.82, 2.24) is 4.90 Å². The standard InChI is InChI=1S/C36H43FN2O7S/c1-23-9-11-27(33(15-23)44-6)20-39(21-28-12-13-30(43-5)18-34(28)45-7)35(47-8)38-36(4,19-29(42)22-46-25(3)41)31-17-26(16-24(2)40)10-14-32(31)37/h9-15,17-18H,16,19-22H2,1-8H3/t36-/m0/s1. The predicted octanol–water partition coefficient (Wildman–Crippen LogP) is 6.45. The summed E-state index contributed by atoms with van der Waals surface area (Å²) in [6.07, 6.45) is 1.69. The van der Waals surface area contributed by atoms with Gasteiger partial charge in [0.25, 0.3) is 0 Å². The van der Waals surface area contributed by atoms with E-state index < -0.39 is 29.7 Å². The summed E-state index contributed by atoms with van der Waals surface area (Å²) in [6, 6.07) is 15.9. The van der Waals surface area contributed by atoms with Gasteiger partial charge < -0.3 is 23.8 Å². The largest absolute Gasteiger partial charge is 0.497 e. The van der Waals surface area contributed by atoms with E-state index in [1.54, 1.807) is 46.5 Å². The van der Waals surface area contributed by atoms with Crippen molar-refractivity contribution in [1.29, 1.82) is 0 Å². The number of carbonyl (C=O) groups excluding carboxylic acids is 3. The van der Waals surface area contributed by atoms with E-state index in [9.17, 15) is 14.4 Å². The second-order valence-electron chi connectivity index (χ2n) is 11.4. The number of benzene rings is 3. The predicted molar refractivity (Wildman–Crippen MR) is 182 cm³/mol. The molecule has 0 aromatic heterocycles. The molecule has 0 heterocycles. The van der Waals surface area contributed by atoms with Gasteiger partial charge >= 0.3 is 5.97 Å². The first-order valence-electron chi connectivity index (χ1n) is 15.0. The first-order chi connectivity index (χ1) is 22.3. The van der Waals surface area contributed by atoms with E-state index in [0.717, 1.165) is 16.7 Å². The maximum Gasteiger partial charge on any atom is 0.303 e. The molecule has 9 nitrogen and oxygen atoms in total. The van der Waals surface area contributed by atoms with Crippen molar-refractivity contribution in [3.63, 3.8) is 0 Å². The highest BCUT2D eigenvalue weighted by Crippen LogP contribution is 2.36. The molecule has 11 heteroatoms. The lowest BCUT2D eigenvalue weighted by Gasteiger charge is -2.32. The van der Waals surface area contributed by atoms with Crippen LogP contribution in [0.25, 0.3) is 0 Å². The normalized spacial score (nSPS) is 12.6. The Labute approximate surface area is 280 Å². The van der Waals surface area contributed by atoms with Gasteiger partial charge in [-0.05, 0) is 68.5 Å². The summed E-state index contributed by atoms with van der Waals surface area (Å²) in [7, 11) is 4.77. The van der Waals surface area contributed by atoms with E-state index in [4.69, 9.17) is 23.9 Å². The van der Waals surface area contributed by atoms with E-state index >= 15 is 4.39 Å². The van der Waals surface area contributed by atoms with Crippen molar-refractivity contribution in [3.05, 3.63) is 88.2 Å². The molecule has 0 saturated heterocycles. The third kappa shape index (κ3) is 10.3. The van der Waals surface area contributed by atoms with E-state index in [0.29, 0.717) is 41.1 Å². The molecule has 0 spiro atoms. The summed E-state index contributed by atoms with van der Waals surface area (Å²) in [5.74, 6) is 0.229. The number of amidine groups is 1. The van der Waals surface area contributed by atoms with Gasteiger partial charge in [-0.3, -0.25) is 19.4 Å². The van der Waals surface area contributed by atoms with Crippen LogP contribution in [0.4, 0.5) is 4.39 Å². The highest BCUT2D eigenvalue weighted by molar-refractivity contribution is 8.13. The molecule has 1 atom stereocenters. The minimum absolute atomic E-state index is 0.0878. The molecule has 0 fully saturated rings. The van der Waals surface area contributed by atoms with Crippen molar-refractivity contribution in [2.45, 2.75) is 59.2 Å². The van der Waals surface area contributed by atoms with Crippen molar-refractivity contribution >= 4 is 34.5 Å². The van der Waals surface area contributed by atoms with Gasteiger partial charge in [-0.2, -0.15) is 0 Å². The Morgan fingerprint density at radius 3 is 2.11 bits per heavy atom. The van der Waals surface area contributed by atoms with Crippen molar-refractivity contribution in [2.24, 2.45) is 4.99 Å². The zero-order valence-corrected chi connectivity index (χ0v) is 29.1. The Balaban J connectivity index is 2.23. The number of carbonyl (C=O) groups is 3. The fourth-order valence-electron chi connectivity index (χ4n) is 5.22. The fraction of sp³-hybridized carbons (Fsp3) is 0.389. The molecule has 0 unspecified atom stereocenters. The van der Waals surface area contributed by atoms with Crippen molar-refractivity contribution in [2.75, 3.05) is 34.2 Å². The van der Waals surface area contributed by atoms with Crippen LogP contribution in [0, 0.1) is 12.7 Å². The van der Waals surface area contributed by atoms with Crippen LogP contribution in [-0.4, -0.2) is 61.8 Å². The lowest BCUT2D eigenvalue weighted by Crippen LogP contribution is -2.34. The van der Waals surface area contributed by atoms with Gasteiger partial charge in [0.15, 0.2) is 11.0 Å². The van der Waals surface area contributed by atoms with Gasteiger partial charge in [0, 0.05) is 55.6 Å². The lowest BCUT2D eigenvalue weighted by molar-refractivity contribution is -0.146. The molecule has 0 aliphatic carbocycles. The maximum absolute atomic E-state index is 15.7. The zero-order chi connectivity index (χ0) is 34.7. The summed E-state index contributed by atoms with van der Waals surface area (Å²) in [4.78, 5) is 43.8. The summed E-state index contributed by atoms with van der Waals surface area (Å²) in [5, 5.41) is 0.504. The molecular formula is C36H43FN2O7S. The molecule has 0 N–H and O–H groups in total. The highest BCUT2D eigenvalue weighted by Gasteiger charge is 2.34. The summed E-state index contributed by atoms with van der Waals surface area (Å²) < 4.78 is 37.5. The Morgan fingerprint density at radius 2 is 1.53 bits per heavy atom. The second kappa shape index (κ2) is 17.0. The van der Waals surface area contributed by atoms with E-state index in [1.165, 1.54) is 31.7 Å². The third-order valence-corrected chi connectivity index (χ3v) is 8.21. The van der Waals surface area contributed by atoms with Crippen LogP contribution in [0.3, 0.4) is 0 Å². The number of Topliss-reactive ketones (excluding diaryl/α,β-unsaturated/α-hetero) is 2. The molecule has 0 aliphatic heterocycles. The average Bonchev–Trinajstić information content (AvgIpc) is 3.03. The molecule has 3 rings (SSSR count). The molecule has 3 aromatic rings. The number of ether oxygens (including phenoxy) is 4. The number of methoxy groups -OCH3 is 3. The molecule has 0 saturated carbocycles. The van der Waals surface area contributed by atoms with Crippen LogP contribution in [0.15, 0.2) is 59.6 Å². The number of aliphatic imine (C=N–C) groups is 1. The van der Waals surface area contributed by atoms with Gasteiger partial charge in [0.05, 0.1) is 26.9 Å². The summed E-state index contributed by atoms with van der Waals surface area (Å²) >= 11 is 1.34. The maximum atomic E-state index is 15.7. The van der Waals surface area contributed by atoms with Crippen LogP contribution in [0.2, 0.25) is 0 Å². The Morgan fingerprint density at radius 1 is 0.894 bits per heavy atom. The molecule has 47 heavy (non-hydrogen) atoms. The van der Waals surface area contributed by atoms with E-state index in [1.807, 2.05) is 48.4 Å². The average molecular weight is 667 g/mol. The number of thioether (sulfide) groups is 1. The lowest BCUT2D eigenvalue weighted by atomic mass is 9.85. The van der Waals surface area contributed by atoms with Crippen LogP contribution < -0.4 is 14.2 Å². The quantitative estimate of drug-likeness (QED) is 0.103. The number of ketones is 2. The van der Waals surface area contributed by atoms with Gasteiger partial charge in [-0.1, -0.05) is 30.0 Å². The van der Waals surface area contributed by atoms with Gasteiger partial charge in [-0.15, -0.1) is 0 Å². The Kier molecular flexibility index (Phi) is 13.4. The number of halogens is 1. The molecule has 252 valence electrons. The van der Waals surface area contributed by atoms with Crippen molar-refractivity contribution in [3.8, 4) is 17.2 Å². The minimum atomic E-state index is -1.44. The SMILES string of the molecule is COc1ccc(CN(Cc2ccc(C)cc2OC)C(=N[C@@](C)(CC(=O)COC(C)=O)c2cc(CC(C)=O)ccc2F)SC)c(OC)c1. The fourth-order valence-corrected chi connectivity index (χ4v) is 5.90. The van der Waals surface area contributed by atoms with Crippen LogP contribution in [-0.2, 0) is 44.2 Å². The van der Waals surface area contributed by atoms with E-state index in [2.05, 4.69) is 0 Å². The van der Waals surface area contributed by atoms with Crippen LogP contribution in [0.5, 0.6) is 17.2 Å². The number of rotatable bonds is 15. The zero-order valence-electron chi connectivity index (χ0n) is 28.3. The Hall–Kier alpha value is -4.38. The summed E-state index contributed by atoms with van der Waals surface area (Å²) in [6.45, 7) is 6.52. The third-order valence-electron chi connectivity index (χ3n) is 7.50. The summed E-state index contributed by atoms with van der Waals surface area (Å²) in [5.41, 5.74) is 2.06. The smallest absolute Gasteiger partial charge is 0.303 e. The van der Waals surface area contributed by atoms with Crippen LogP contribution >= 0.6 is 11.8 Å². The molecule has 0 amide bonds. The number of hydrogen-bond donors (Lipinski definition) is 0. The molecule has 3 aromatic carbocycles. The first-order valence-corrected chi connectivity index (χ1v) is 16.2. The van der Waals surface area contributed by atoms with Crippen LogP contribution in [0.1, 0.15) is 55.0 Å². The minimum Gasteiger partial charge on any atom is -0.497 e. The molecule has 0 radical (unpaired) electrons. The van der Waals surface area contributed by atoms with Gasteiger partial charge in [-0.25, -0.2) is 4.39 Å². The molecule has 0 aliphatic rings. The topological polar surface area (TPSA) is 104 Å². The first kappa shape index (κ1) is 37.1. The van der Waals surface area contributed by atoms with Gasteiger partial charge in [0.1, 0.15) is 35.5 Å². The second-order valence-corrected chi connectivity index (χ2v) is 12.2. The molecular weight excluding hydrogens is 623 g/mol. The van der Waals surface area contributed by atoms with E-state index in [-0.39, 0.29) is 24.2 Å². The Bertz CT molecular complexity index is 1630. The highest BCUT2D eigenvalue weighted by atomic mass is 32.2. The van der Waals surface area contributed by atoms with Crippen molar-refractivity contribution < 1.29 is 37.7 Å². The van der Waals surface area contributed by atoms with Gasteiger partial charge in [0.2, 0.25) is 0 Å². The number of hydrogen-bond acceptors (Lipinski definition) is 9. The number of nitrogens with zero attached hydrogens (tertiary/aromatic N) is 2. The molecule has 0 bridgehead atoms. The monoisotopic (exact) mass is 666 g/mol.